The zero-order valence-electron chi connectivity index (χ0n) is 11.4. The predicted molar refractivity (Wildman–Crippen MR) is 86.7 cm³/mol. The Morgan fingerprint density at radius 2 is 1.86 bits per heavy atom. The second kappa shape index (κ2) is 9.84. The summed E-state index contributed by atoms with van der Waals surface area (Å²) < 4.78 is 0. The highest BCUT2D eigenvalue weighted by molar-refractivity contribution is 6.39. The van der Waals surface area contributed by atoms with E-state index in [0.29, 0.717) is 28.6 Å². The molecule has 118 valence electrons. The SMILES string of the molecule is CCCC(NCC(=O)Nc1c(Cl)cccc1Cl)C(=O)O.Cl. The minimum Gasteiger partial charge on any atom is -0.480 e. The molecule has 0 aliphatic carbocycles. The minimum absolute atomic E-state index is 0. The third-order valence-corrected chi connectivity index (χ3v) is 3.24. The fourth-order valence-corrected chi connectivity index (χ4v) is 2.11. The first-order chi connectivity index (χ1) is 9.45. The molecule has 8 heteroatoms. The number of carbonyl (C=O) groups excluding carboxylic acids is 1. The van der Waals surface area contributed by atoms with Crippen LogP contribution in [0.4, 0.5) is 5.69 Å². The quantitative estimate of drug-likeness (QED) is 0.702. The van der Waals surface area contributed by atoms with Crippen LogP contribution >= 0.6 is 35.6 Å². The second-order valence-electron chi connectivity index (χ2n) is 4.21. The van der Waals surface area contributed by atoms with Crippen LogP contribution in [0.1, 0.15) is 19.8 Å². The third kappa shape index (κ3) is 6.52. The maximum absolute atomic E-state index is 11.8. The number of benzene rings is 1. The number of hydrogen-bond donors (Lipinski definition) is 3. The first-order valence-corrected chi connectivity index (χ1v) is 6.91. The molecule has 0 radical (unpaired) electrons. The Morgan fingerprint density at radius 1 is 1.29 bits per heavy atom. The van der Waals surface area contributed by atoms with Gasteiger partial charge in [-0.25, -0.2) is 0 Å². The Bertz CT molecular complexity index is 477. The molecule has 1 atom stereocenters. The van der Waals surface area contributed by atoms with E-state index in [1.54, 1.807) is 18.2 Å². The first-order valence-electron chi connectivity index (χ1n) is 6.15. The number of carbonyl (C=O) groups is 2. The molecule has 0 saturated carbocycles. The van der Waals surface area contributed by atoms with Crippen LogP contribution in [0.3, 0.4) is 0 Å². The monoisotopic (exact) mass is 354 g/mol. The number of para-hydroxylation sites is 1. The summed E-state index contributed by atoms with van der Waals surface area (Å²) in [7, 11) is 0. The average molecular weight is 356 g/mol. The van der Waals surface area contributed by atoms with Gasteiger partial charge in [0.05, 0.1) is 22.3 Å². The summed E-state index contributed by atoms with van der Waals surface area (Å²) >= 11 is 11.8. The van der Waals surface area contributed by atoms with Crippen LogP contribution in [-0.2, 0) is 9.59 Å². The standard InChI is InChI=1S/C13H16Cl2N2O3.ClH/c1-2-4-10(13(19)20)16-7-11(18)17-12-8(14)5-3-6-9(12)15;/h3,5-6,10,16H,2,4,7H2,1H3,(H,17,18)(H,19,20);1H. The summed E-state index contributed by atoms with van der Waals surface area (Å²) in [6, 6.07) is 4.13. The molecule has 1 amide bonds. The molecule has 0 aliphatic heterocycles. The van der Waals surface area contributed by atoms with E-state index in [1.807, 2.05) is 6.92 Å². The zero-order valence-corrected chi connectivity index (χ0v) is 13.7. The maximum Gasteiger partial charge on any atom is 0.320 e. The van der Waals surface area contributed by atoms with Crippen LogP contribution in [0, 0.1) is 0 Å². The van der Waals surface area contributed by atoms with Crippen molar-refractivity contribution >= 4 is 53.2 Å². The topological polar surface area (TPSA) is 78.4 Å². The number of rotatable bonds is 7. The highest BCUT2D eigenvalue weighted by Crippen LogP contribution is 2.29. The summed E-state index contributed by atoms with van der Waals surface area (Å²) in [6.07, 6.45) is 1.16. The lowest BCUT2D eigenvalue weighted by atomic mass is 10.2. The molecule has 0 aliphatic rings. The molecule has 5 nitrogen and oxygen atoms in total. The Hall–Kier alpha value is -1.01. The normalized spacial score (nSPS) is 11.4. The van der Waals surface area contributed by atoms with Gasteiger partial charge in [-0.1, -0.05) is 42.6 Å². The summed E-state index contributed by atoms with van der Waals surface area (Å²) in [5.74, 6) is -1.38. The first kappa shape index (κ1) is 20.0. The van der Waals surface area contributed by atoms with Gasteiger partial charge in [-0.15, -0.1) is 12.4 Å². The number of carboxylic acids is 1. The zero-order chi connectivity index (χ0) is 15.1. The Balaban J connectivity index is 0.00000400. The lowest BCUT2D eigenvalue weighted by molar-refractivity contribution is -0.139. The van der Waals surface area contributed by atoms with Gasteiger partial charge in [-0.2, -0.15) is 0 Å². The van der Waals surface area contributed by atoms with Crippen molar-refractivity contribution < 1.29 is 14.7 Å². The Morgan fingerprint density at radius 3 is 2.33 bits per heavy atom. The molecule has 0 aromatic heterocycles. The van der Waals surface area contributed by atoms with Gasteiger partial charge in [0.25, 0.3) is 0 Å². The molecule has 0 bridgehead atoms. The molecule has 21 heavy (non-hydrogen) atoms. The molecule has 3 N–H and O–H groups in total. The number of amides is 1. The number of hydrogen-bond acceptors (Lipinski definition) is 3. The summed E-state index contributed by atoms with van der Waals surface area (Å²) in [5.41, 5.74) is 0.324. The van der Waals surface area contributed by atoms with Gasteiger partial charge in [-0.05, 0) is 18.6 Å². The van der Waals surface area contributed by atoms with E-state index in [9.17, 15) is 9.59 Å². The molecule has 0 spiro atoms. The summed E-state index contributed by atoms with van der Waals surface area (Å²) in [4.78, 5) is 22.7. The molecular weight excluding hydrogens is 339 g/mol. The number of anilines is 1. The van der Waals surface area contributed by atoms with Crippen LogP contribution in [0.25, 0.3) is 0 Å². The second-order valence-corrected chi connectivity index (χ2v) is 5.02. The van der Waals surface area contributed by atoms with Crippen molar-refractivity contribution in [2.24, 2.45) is 0 Å². The fraction of sp³-hybridized carbons (Fsp3) is 0.385. The number of carboxylic acid groups (broad SMARTS) is 1. The fourth-order valence-electron chi connectivity index (χ4n) is 1.62. The highest BCUT2D eigenvalue weighted by Gasteiger charge is 2.17. The minimum atomic E-state index is -0.976. The number of nitrogens with one attached hydrogen (secondary N) is 2. The van der Waals surface area contributed by atoms with E-state index in [0.717, 1.165) is 0 Å². The van der Waals surface area contributed by atoms with Gasteiger partial charge >= 0.3 is 5.97 Å². The van der Waals surface area contributed by atoms with Gasteiger partial charge in [0, 0.05) is 0 Å². The number of halogens is 3. The molecule has 1 rings (SSSR count). The van der Waals surface area contributed by atoms with Gasteiger partial charge in [0.1, 0.15) is 6.04 Å². The Kier molecular flexibility index (Phi) is 9.37. The molecule has 1 unspecified atom stereocenters. The average Bonchev–Trinajstić information content (AvgIpc) is 2.38. The van der Waals surface area contributed by atoms with E-state index in [-0.39, 0.29) is 19.0 Å². The van der Waals surface area contributed by atoms with E-state index in [2.05, 4.69) is 10.6 Å². The predicted octanol–water partition coefficient (Wildman–Crippen LogP) is 3.20. The van der Waals surface area contributed by atoms with Crippen LogP contribution in [0.15, 0.2) is 18.2 Å². The van der Waals surface area contributed by atoms with E-state index in [4.69, 9.17) is 28.3 Å². The van der Waals surface area contributed by atoms with Crippen molar-refractivity contribution in [2.75, 3.05) is 11.9 Å². The van der Waals surface area contributed by atoms with E-state index in [1.165, 1.54) is 0 Å². The van der Waals surface area contributed by atoms with Crippen molar-refractivity contribution in [3.63, 3.8) is 0 Å². The number of aliphatic carboxylic acids is 1. The van der Waals surface area contributed by atoms with E-state index < -0.39 is 17.9 Å². The van der Waals surface area contributed by atoms with Crippen molar-refractivity contribution in [3.05, 3.63) is 28.2 Å². The van der Waals surface area contributed by atoms with Crippen molar-refractivity contribution in [1.29, 1.82) is 0 Å². The Labute approximate surface area is 139 Å². The maximum atomic E-state index is 11.8. The molecule has 0 heterocycles. The van der Waals surface area contributed by atoms with Gasteiger partial charge in [0.15, 0.2) is 0 Å². The molecule has 1 aromatic rings. The van der Waals surface area contributed by atoms with Gasteiger partial charge in [0.2, 0.25) is 5.91 Å². The van der Waals surface area contributed by atoms with Crippen LogP contribution in [0.2, 0.25) is 10.0 Å². The summed E-state index contributed by atoms with van der Waals surface area (Å²) in [5, 5.41) is 14.9. The molecular formula is C13H17Cl3N2O3. The van der Waals surface area contributed by atoms with Crippen LogP contribution in [0.5, 0.6) is 0 Å². The smallest absolute Gasteiger partial charge is 0.320 e. The summed E-state index contributed by atoms with van der Waals surface area (Å²) in [6.45, 7) is 1.75. The van der Waals surface area contributed by atoms with E-state index >= 15 is 0 Å². The molecule has 0 fully saturated rings. The van der Waals surface area contributed by atoms with Crippen molar-refractivity contribution in [2.45, 2.75) is 25.8 Å². The third-order valence-electron chi connectivity index (χ3n) is 2.61. The lowest BCUT2D eigenvalue weighted by Crippen LogP contribution is -2.41. The van der Waals surface area contributed by atoms with Crippen LogP contribution < -0.4 is 10.6 Å². The van der Waals surface area contributed by atoms with Gasteiger partial charge < -0.3 is 10.4 Å². The van der Waals surface area contributed by atoms with Gasteiger partial charge in [-0.3, -0.25) is 14.9 Å². The molecule has 0 saturated heterocycles. The molecule has 1 aromatic carbocycles. The van der Waals surface area contributed by atoms with Crippen molar-refractivity contribution in [3.8, 4) is 0 Å². The van der Waals surface area contributed by atoms with Crippen LogP contribution in [-0.4, -0.2) is 29.6 Å². The van der Waals surface area contributed by atoms with Crippen molar-refractivity contribution in [1.82, 2.24) is 5.32 Å². The highest BCUT2D eigenvalue weighted by atomic mass is 35.5. The lowest BCUT2D eigenvalue weighted by Gasteiger charge is -2.14. The largest absolute Gasteiger partial charge is 0.480 e.